The molecule has 0 bridgehead atoms. The summed E-state index contributed by atoms with van der Waals surface area (Å²) in [5, 5.41) is 0.825. The third kappa shape index (κ3) is 1.83. The fourth-order valence-electron chi connectivity index (χ4n) is 1.75. The highest BCUT2D eigenvalue weighted by atomic mass is 16.4. The van der Waals surface area contributed by atoms with Crippen LogP contribution in [-0.4, -0.2) is 4.98 Å². The van der Waals surface area contributed by atoms with Crippen molar-refractivity contribution in [2.24, 2.45) is 0 Å². The Hall–Kier alpha value is -2.42. The fraction of sp³-hybridized carbons (Fsp3) is 0. The van der Waals surface area contributed by atoms with Crippen molar-refractivity contribution < 1.29 is 4.42 Å². The number of hydrogen-bond donors (Lipinski definition) is 0. The fourth-order valence-corrected chi connectivity index (χ4v) is 1.75. The molecule has 3 heteroatoms. The first-order chi connectivity index (χ1) is 8.33. The van der Waals surface area contributed by atoms with Crippen molar-refractivity contribution >= 4 is 11.1 Å². The van der Waals surface area contributed by atoms with E-state index in [0.29, 0.717) is 5.71 Å². The van der Waals surface area contributed by atoms with Gasteiger partial charge >= 0.3 is 5.63 Å². The molecule has 0 N–H and O–H groups in total. The minimum atomic E-state index is -0.377. The molecule has 2 aromatic heterocycles. The van der Waals surface area contributed by atoms with Gasteiger partial charge in [0.2, 0.25) is 5.71 Å². The molecule has 2 heterocycles. The molecule has 0 aliphatic heterocycles. The highest BCUT2D eigenvalue weighted by molar-refractivity contribution is 5.79. The SMILES string of the molecule is O=c1ccc2cc(-c3ccccc3)cnc2o1. The second-order valence-electron chi connectivity index (χ2n) is 3.74. The van der Waals surface area contributed by atoms with Crippen LogP contribution in [0.15, 0.2) is 63.9 Å². The number of aromatic nitrogens is 1. The lowest BCUT2D eigenvalue weighted by atomic mass is 10.1. The first-order valence-corrected chi connectivity index (χ1v) is 5.28. The Balaban J connectivity index is 2.21. The Kier molecular flexibility index (Phi) is 2.22. The highest BCUT2D eigenvalue weighted by Crippen LogP contribution is 2.21. The molecule has 3 aromatic rings. The Morgan fingerprint density at radius 2 is 1.76 bits per heavy atom. The number of rotatable bonds is 1. The van der Waals surface area contributed by atoms with Crippen LogP contribution in [0.25, 0.3) is 22.2 Å². The smallest absolute Gasteiger partial charge is 0.337 e. The minimum absolute atomic E-state index is 0.372. The predicted octanol–water partition coefficient (Wildman–Crippen LogP) is 2.86. The lowest BCUT2D eigenvalue weighted by Crippen LogP contribution is -1.95. The van der Waals surface area contributed by atoms with Crippen molar-refractivity contribution in [3.63, 3.8) is 0 Å². The van der Waals surface area contributed by atoms with Crippen molar-refractivity contribution in [2.75, 3.05) is 0 Å². The van der Waals surface area contributed by atoms with E-state index in [1.807, 2.05) is 36.4 Å². The van der Waals surface area contributed by atoms with Gasteiger partial charge in [-0.1, -0.05) is 30.3 Å². The number of pyridine rings is 1. The molecule has 3 nitrogen and oxygen atoms in total. The molecule has 0 amide bonds. The first-order valence-electron chi connectivity index (χ1n) is 5.28. The normalized spacial score (nSPS) is 10.6. The van der Waals surface area contributed by atoms with Crippen LogP contribution in [0.3, 0.4) is 0 Å². The van der Waals surface area contributed by atoms with Crippen LogP contribution in [0.1, 0.15) is 0 Å². The van der Waals surface area contributed by atoms with E-state index >= 15 is 0 Å². The van der Waals surface area contributed by atoms with Gasteiger partial charge in [0.15, 0.2) is 0 Å². The van der Waals surface area contributed by atoms with E-state index in [1.54, 1.807) is 12.3 Å². The highest BCUT2D eigenvalue weighted by Gasteiger charge is 2.02. The zero-order chi connectivity index (χ0) is 11.7. The van der Waals surface area contributed by atoms with Gasteiger partial charge in [-0.25, -0.2) is 9.78 Å². The quantitative estimate of drug-likeness (QED) is 0.637. The maximum atomic E-state index is 11.0. The lowest BCUT2D eigenvalue weighted by Gasteiger charge is -2.01. The van der Waals surface area contributed by atoms with Crippen LogP contribution in [0.5, 0.6) is 0 Å². The van der Waals surface area contributed by atoms with Crippen LogP contribution in [0.4, 0.5) is 0 Å². The Morgan fingerprint density at radius 1 is 0.941 bits per heavy atom. The minimum Gasteiger partial charge on any atom is -0.404 e. The van der Waals surface area contributed by atoms with Crippen molar-refractivity contribution in [2.45, 2.75) is 0 Å². The third-order valence-electron chi connectivity index (χ3n) is 2.58. The topological polar surface area (TPSA) is 43.1 Å². The Morgan fingerprint density at radius 3 is 2.59 bits per heavy atom. The maximum Gasteiger partial charge on any atom is 0.337 e. The van der Waals surface area contributed by atoms with Crippen LogP contribution in [0, 0.1) is 0 Å². The van der Waals surface area contributed by atoms with Crippen molar-refractivity contribution in [1.29, 1.82) is 0 Å². The van der Waals surface area contributed by atoms with E-state index in [2.05, 4.69) is 4.98 Å². The summed E-state index contributed by atoms with van der Waals surface area (Å²) in [5.74, 6) is 0. The number of nitrogens with zero attached hydrogens (tertiary/aromatic N) is 1. The molecule has 0 unspecified atom stereocenters. The van der Waals surface area contributed by atoms with E-state index in [1.165, 1.54) is 6.07 Å². The summed E-state index contributed by atoms with van der Waals surface area (Å²) in [6, 6.07) is 15.0. The molecular weight excluding hydrogens is 214 g/mol. The van der Waals surface area contributed by atoms with Gasteiger partial charge in [-0.2, -0.15) is 0 Å². The number of hydrogen-bond acceptors (Lipinski definition) is 3. The van der Waals surface area contributed by atoms with Gasteiger partial charge in [0, 0.05) is 23.2 Å². The van der Waals surface area contributed by atoms with Crippen LogP contribution < -0.4 is 5.63 Å². The Bertz CT molecular complexity index is 717. The Labute approximate surface area is 97.4 Å². The molecule has 0 spiro atoms. The van der Waals surface area contributed by atoms with E-state index in [9.17, 15) is 4.79 Å². The molecule has 82 valence electrons. The second-order valence-corrected chi connectivity index (χ2v) is 3.74. The van der Waals surface area contributed by atoms with Crippen molar-refractivity contribution in [1.82, 2.24) is 4.98 Å². The molecular formula is C14H9NO2. The monoisotopic (exact) mass is 223 g/mol. The van der Waals surface area contributed by atoms with Gasteiger partial charge in [-0.15, -0.1) is 0 Å². The summed E-state index contributed by atoms with van der Waals surface area (Å²) in [6.07, 6.45) is 1.71. The number of fused-ring (bicyclic) bond motifs is 1. The molecule has 0 aliphatic rings. The zero-order valence-electron chi connectivity index (χ0n) is 8.96. The summed E-state index contributed by atoms with van der Waals surface area (Å²) in [6.45, 7) is 0. The predicted molar refractivity (Wildman–Crippen MR) is 65.7 cm³/mol. The summed E-state index contributed by atoms with van der Waals surface area (Å²) in [4.78, 5) is 15.2. The molecule has 0 fully saturated rings. The van der Waals surface area contributed by atoms with Crippen molar-refractivity contribution in [3.8, 4) is 11.1 Å². The van der Waals surface area contributed by atoms with Crippen molar-refractivity contribution in [3.05, 3.63) is 65.1 Å². The largest absolute Gasteiger partial charge is 0.404 e. The third-order valence-corrected chi connectivity index (χ3v) is 2.58. The van der Waals surface area contributed by atoms with Crippen LogP contribution in [0.2, 0.25) is 0 Å². The molecule has 0 radical (unpaired) electrons. The van der Waals surface area contributed by atoms with Crippen LogP contribution in [-0.2, 0) is 0 Å². The summed E-state index contributed by atoms with van der Waals surface area (Å²) in [5.41, 5.74) is 2.09. The maximum absolute atomic E-state index is 11.0. The van der Waals surface area contributed by atoms with E-state index in [4.69, 9.17) is 4.42 Å². The molecule has 0 saturated carbocycles. The zero-order valence-corrected chi connectivity index (χ0v) is 8.96. The first kappa shape index (κ1) is 9.78. The molecule has 0 saturated heterocycles. The molecule has 1 aromatic carbocycles. The van der Waals surface area contributed by atoms with Gasteiger partial charge < -0.3 is 4.42 Å². The van der Waals surface area contributed by atoms with E-state index in [0.717, 1.165) is 16.5 Å². The van der Waals surface area contributed by atoms with Gasteiger partial charge in [0.1, 0.15) is 0 Å². The van der Waals surface area contributed by atoms with E-state index in [-0.39, 0.29) is 5.63 Å². The number of benzene rings is 1. The average molecular weight is 223 g/mol. The molecule has 0 atom stereocenters. The van der Waals surface area contributed by atoms with Gasteiger partial charge in [0.25, 0.3) is 0 Å². The van der Waals surface area contributed by atoms with Gasteiger partial charge in [-0.3, -0.25) is 0 Å². The standard InChI is InChI=1S/C14H9NO2/c16-13-7-6-11-8-12(9-15-14(11)17-13)10-4-2-1-3-5-10/h1-9H. The van der Waals surface area contributed by atoms with Gasteiger partial charge in [0.05, 0.1) is 0 Å². The summed E-state index contributed by atoms with van der Waals surface area (Å²) in [7, 11) is 0. The average Bonchev–Trinajstić information content (AvgIpc) is 2.39. The van der Waals surface area contributed by atoms with Crippen LogP contribution >= 0.6 is 0 Å². The molecule has 0 aliphatic carbocycles. The van der Waals surface area contributed by atoms with E-state index < -0.39 is 0 Å². The second kappa shape index (κ2) is 3.87. The summed E-state index contributed by atoms with van der Waals surface area (Å²) >= 11 is 0. The lowest BCUT2D eigenvalue weighted by molar-refractivity contribution is 0.549. The molecule has 17 heavy (non-hydrogen) atoms. The van der Waals surface area contributed by atoms with Gasteiger partial charge in [-0.05, 0) is 17.7 Å². The molecule has 3 rings (SSSR count). The summed E-state index contributed by atoms with van der Waals surface area (Å²) < 4.78 is 4.99.